The van der Waals surface area contributed by atoms with Crippen molar-refractivity contribution in [1.29, 1.82) is 0 Å². The minimum Gasteiger partial charge on any atom is -0.464 e. The smallest absolute Gasteiger partial charge is 0.354 e. The van der Waals surface area contributed by atoms with E-state index in [0.29, 0.717) is 59.5 Å². The predicted octanol–water partition coefficient (Wildman–Crippen LogP) is 0.635. The van der Waals surface area contributed by atoms with Crippen LogP contribution in [0.1, 0.15) is 38.4 Å². The third-order valence-corrected chi connectivity index (χ3v) is 4.81. The molecule has 1 heterocycles. The molecule has 0 aliphatic rings. The number of ether oxygens (including phenoxy) is 2. The average Bonchev–Trinajstić information content (AvgIpc) is 3.08. The van der Waals surface area contributed by atoms with Crippen molar-refractivity contribution >= 4 is 5.97 Å². The van der Waals surface area contributed by atoms with Crippen molar-refractivity contribution in [2.24, 2.45) is 5.73 Å². The molecule has 0 aliphatic carbocycles. The summed E-state index contributed by atoms with van der Waals surface area (Å²) in [6.07, 6.45) is 0.922. The summed E-state index contributed by atoms with van der Waals surface area (Å²) in [6, 6.07) is 3.48. The quantitative estimate of drug-likeness (QED) is 0.374. The molecule has 1 aromatic heterocycles. The molecule has 2 aromatic rings. The van der Waals surface area contributed by atoms with E-state index < -0.39 is 5.97 Å². The number of aromatic nitrogens is 1. The summed E-state index contributed by atoms with van der Waals surface area (Å²) in [4.78, 5) is 15.5. The molecule has 0 aliphatic heterocycles. The number of carbonyl (C=O) groups excluding carboxylic acids is 1. The Morgan fingerprint density at radius 3 is 2.29 bits per heavy atom. The maximum absolute atomic E-state index is 12.3. The molecule has 0 unspecified atom stereocenters. The fourth-order valence-corrected chi connectivity index (χ4v) is 3.48. The third-order valence-electron chi connectivity index (χ3n) is 4.81. The molecule has 0 bridgehead atoms. The van der Waals surface area contributed by atoms with Crippen LogP contribution in [-0.4, -0.2) is 53.6 Å². The summed E-state index contributed by atoms with van der Waals surface area (Å²) in [5.74, 6) is -0.504. The van der Waals surface area contributed by atoms with Crippen molar-refractivity contribution in [3.05, 3.63) is 45.8 Å². The van der Waals surface area contributed by atoms with Crippen molar-refractivity contribution in [1.82, 2.24) is 4.98 Å². The molecule has 0 amide bonds. The normalized spacial score (nSPS) is 11.1. The number of carbonyl (C=O) groups is 1. The van der Waals surface area contributed by atoms with Crippen LogP contribution in [0.3, 0.4) is 0 Å². The standard InChI is InChI=1S/C20H28N2O6/c1-27-8-6-14-18(17(5-7-21)22-19(14)20(26)28-2)13-4-3-12(9-23)15(10-24)16(13)11-25/h3-4,22-25H,5-11,21H2,1-2H3. The Hall–Kier alpha value is -2.23. The van der Waals surface area contributed by atoms with Gasteiger partial charge in [-0.25, -0.2) is 4.79 Å². The molecule has 28 heavy (non-hydrogen) atoms. The van der Waals surface area contributed by atoms with E-state index in [9.17, 15) is 20.1 Å². The van der Waals surface area contributed by atoms with E-state index in [1.165, 1.54) is 7.11 Å². The lowest BCUT2D eigenvalue weighted by molar-refractivity contribution is 0.0593. The minimum atomic E-state index is -0.504. The average molecular weight is 392 g/mol. The Morgan fingerprint density at radius 2 is 1.75 bits per heavy atom. The molecular weight excluding hydrogens is 364 g/mol. The Bertz CT molecular complexity index is 816. The fraction of sp³-hybridized carbons (Fsp3) is 0.450. The van der Waals surface area contributed by atoms with Gasteiger partial charge in [0.15, 0.2) is 0 Å². The summed E-state index contributed by atoms with van der Waals surface area (Å²) < 4.78 is 10.1. The van der Waals surface area contributed by atoms with Gasteiger partial charge >= 0.3 is 5.97 Å². The number of hydrogen-bond donors (Lipinski definition) is 5. The Balaban J connectivity index is 2.82. The monoisotopic (exact) mass is 392 g/mol. The molecule has 2 rings (SSSR count). The minimum absolute atomic E-state index is 0.254. The summed E-state index contributed by atoms with van der Waals surface area (Å²) in [5.41, 5.74) is 10.5. The highest BCUT2D eigenvalue weighted by Crippen LogP contribution is 2.36. The zero-order chi connectivity index (χ0) is 20.7. The van der Waals surface area contributed by atoms with Gasteiger partial charge in [-0.2, -0.15) is 0 Å². The number of benzene rings is 1. The number of nitrogens with two attached hydrogens (primary N) is 1. The van der Waals surface area contributed by atoms with E-state index in [4.69, 9.17) is 15.2 Å². The van der Waals surface area contributed by atoms with Crippen LogP contribution in [-0.2, 0) is 42.1 Å². The molecule has 0 atom stereocenters. The molecule has 154 valence electrons. The van der Waals surface area contributed by atoms with Gasteiger partial charge in [0.1, 0.15) is 5.69 Å². The van der Waals surface area contributed by atoms with Gasteiger partial charge in [0.25, 0.3) is 0 Å². The van der Waals surface area contributed by atoms with Gasteiger partial charge < -0.3 is 35.5 Å². The van der Waals surface area contributed by atoms with Crippen molar-refractivity contribution < 1.29 is 29.6 Å². The Morgan fingerprint density at radius 1 is 1.04 bits per heavy atom. The van der Waals surface area contributed by atoms with Crippen molar-refractivity contribution in [2.45, 2.75) is 32.7 Å². The van der Waals surface area contributed by atoms with E-state index in [2.05, 4.69) is 4.98 Å². The van der Waals surface area contributed by atoms with E-state index >= 15 is 0 Å². The lowest BCUT2D eigenvalue weighted by atomic mass is 9.89. The molecule has 0 fully saturated rings. The van der Waals surface area contributed by atoms with Gasteiger partial charge in [-0.1, -0.05) is 12.1 Å². The van der Waals surface area contributed by atoms with Crippen LogP contribution < -0.4 is 5.73 Å². The number of nitrogens with one attached hydrogen (secondary N) is 1. The zero-order valence-electron chi connectivity index (χ0n) is 16.2. The molecule has 0 radical (unpaired) electrons. The fourth-order valence-electron chi connectivity index (χ4n) is 3.48. The van der Waals surface area contributed by atoms with Crippen LogP contribution in [0.5, 0.6) is 0 Å². The molecule has 0 saturated heterocycles. The molecule has 8 nitrogen and oxygen atoms in total. The SMILES string of the molecule is COCCc1c(C(=O)OC)[nH]c(CCN)c1-c1ccc(CO)c(CO)c1CO. The number of esters is 1. The lowest BCUT2D eigenvalue weighted by Crippen LogP contribution is -2.08. The number of rotatable bonds is 10. The van der Waals surface area contributed by atoms with Crippen LogP contribution in [0.2, 0.25) is 0 Å². The third kappa shape index (κ3) is 4.26. The highest BCUT2D eigenvalue weighted by atomic mass is 16.5. The first-order valence-corrected chi connectivity index (χ1v) is 9.05. The summed E-state index contributed by atoms with van der Waals surface area (Å²) in [7, 11) is 2.88. The predicted molar refractivity (Wildman–Crippen MR) is 104 cm³/mol. The summed E-state index contributed by atoms with van der Waals surface area (Å²) in [5, 5.41) is 29.4. The zero-order valence-corrected chi connectivity index (χ0v) is 16.2. The van der Waals surface area contributed by atoms with Crippen molar-refractivity contribution in [2.75, 3.05) is 27.4 Å². The van der Waals surface area contributed by atoms with Gasteiger partial charge in [-0.05, 0) is 40.8 Å². The highest BCUT2D eigenvalue weighted by molar-refractivity contribution is 5.93. The van der Waals surface area contributed by atoms with Crippen LogP contribution in [0.4, 0.5) is 0 Å². The van der Waals surface area contributed by atoms with E-state index in [0.717, 1.165) is 11.3 Å². The van der Waals surface area contributed by atoms with Crippen molar-refractivity contribution in [3.8, 4) is 11.1 Å². The van der Waals surface area contributed by atoms with Crippen LogP contribution in [0.15, 0.2) is 12.1 Å². The van der Waals surface area contributed by atoms with E-state index in [1.54, 1.807) is 19.2 Å². The first-order valence-electron chi connectivity index (χ1n) is 9.05. The molecule has 8 heteroatoms. The highest BCUT2D eigenvalue weighted by Gasteiger charge is 2.25. The maximum atomic E-state index is 12.3. The second kappa shape index (κ2) is 10.4. The van der Waals surface area contributed by atoms with Gasteiger partial charge in [-0.15, -0.1) is 0 Å². The number of aromatic amines is 1. The number of H-pyrrole nitrogens is 1. The van der Waals surface area contributed by atoms with E-state index in [1.807, 2.05) is 0 Å². The Kier molecular flexibility index (Phi) is 8.16. The molecule has 0 spiro atoms. The molecule has 1 aromatic carbocycles. The van der Waals surface area contributed by atoms with Gasteiger partial charge in [0.05, 0.1) is 33.5 Å². The molecule has 6 N–H and O–H groups in total. The summed E-state index contributed by atoms with van der Waals surface area (Å²) >= 11 is 0. The molecular formula is C20H28N2O6. The topological polar surface area (TPSA) is 138 Å². The lowest BCUT2D eigenvalue weighted by Gasteiger charge is -2.17. The number of aliphatic hydroxyl groups is 3. The van der Waals surface area contributed by atoms with Crippen LogP contribution in [0, 0.1) is 0 Å². The first-order chi connectivity index (χ1) is 13.6. The number of aliphatic hydroxyl groups excluding tert-OH is 3. The number of hydrogen-bond acceptors (Lipinski definition) is 7. The van der Waals surface area contributed by atoms with Crippen molar-refractivity contribution in [3.63, 3.8) is 0 Å². The first kappa shape index (κ1) is 22.1. The maximum Gasteiger partial charge on any atom is 0.354 e. The van der Waals surface area contributed by atoms with E-state index in [-0.39, 0.29) is 19.8 Å². The number of methoxy groups -OCH3 is 2. The molecule has 0 saturated carbocycles. The van der Waals surface area contributed by atoms with Crippen LogP contribution >= 0.6 is 0 Å². The largest absolute Gasteiger partial charge is 0.464 e. The van der Waals surface area contributed by atoms with Gasteiger partial charge in [0.2, 0.25) is 0 Å². The van der Waals surface area contributed by atoms with Crippen LogP contribution in [0.25, 0.3) is 11.1 Å². The second-order valence-electron chi connectivity index (χ2n) is 6.31. The van der Waals surface area contributed by atoms with Gasteiger partial charge in [-0.3, -0.25) is 0 Å². The second-order valence-corrected chi connectivity index (χ2v) is 6.31. The Labute approximate surface area is 163 Å². The summed E-state index contributed by atoms with van der Waals surface area (Å²) in [6.45, 7) is -0.173. The van der Waals surface area contributed by atoms with Gasteiger partial charge in [0, 0.05) is 24.8 Å².